The van der Waals surface area contributed by atoms with Gasteiger partial charge in [-0.2, -0.15) is 0 Å². The summed E-state index contributed by atoms with van der Waals surface area (Å²) >= 11 is 0. The van der Waals surface area contributed by atoms with Crippen LogP contribution in [-0.4, -0.2) is 69.2 Å². The van der Waals surface area contributed by atoms with Crippen molar-refractivity contribution in [2.75, 3.05) is 47.4 Å². The number of carbonyl (C=O) groups is 2. The van der Waals surface area contributed by atoms with Gasteiger partial charge in [0.05, 0.1) is 14.2 Å². The smallest absolute Gasteiger partial charge is 0.415 e. The first-order chi connectivity index (χ1) is 20.8. The Hall–Kier alpha value is -4.37. The van der Waals surface area contributed by atoms with E-state index >= 15 is 0 Å². The minimum absolute atomic E-state index is 0.0639. The highest BCUT2D eigenvalue weighted by atomic mass is 19.1. The fourth-order valence-corrected chi connectivity index (χ4v) is 5.80. The maximum absolute atomic E-state index is 14.4. The second-order valence-electron chi connectivity index (χ2n) is 11.1. The Labute approximate surface area is 252 Å². The van der Waals surface area contributed by atoms with Crippen LogP contribution in [0.5, 0.6) is 17.2 Å². The molecule has 43 heavy (non-hydrogen) atoms. The van der Waals surface area contributed by atoms with E-state index in [9.17, 15) is 14.0 Å². The summed E-state index contributed by atoms with van der Waals surface area (Å²) in [5.74, 6) is 0.243. The van der Waals surface area contributed by atoms with E-state index in [4.69, 9.17) is 14.2 Å². The zero-order valence-corrected chi connectivity index (χ0v) is 25.1. The van der Waals surface area contributed by atoms with Crippen LogP contribution in [0, 0.1) is 11.7 Å². The van der Waals surface area contributed by atoms with Gasteiger partial charge >= 0.3 is 6.09 Å². The third-order valence-electron chi connectivity index (χ3n) is 8.31. The molecule has 2 amide bonds. The average molecular weight is 588 g/mol. The Morgan fingerprint density at radius 1 is 0.977 bits per heavy atom. The number of ether oxygens (including phenoxy) is 3. The molecular weight excluding hydrogens is 549 g/mol. The Balaban J connectivity index is 1.39. The number of piperazine rings is 1. The van der Waals surface area contributed by atoms with Gasteiger partial charge in [-0.25, -0.2) is 9.18 Å². The van der Waals surface area contributed by atoms with Crippen LogP contribution in [0.1, 0.15) is 41.5 Å². The number of benzene rings is 3. The lowest BCUT2D eigenvalue weighted by Crippen LogP contribution is -2.48. The molecular formula is C34H38FN3O5. The highest BCUT2D eigenvalue weighted by Gasteiger charge is 2.35. The van der Waals surface area contributed by atoms with Gasteiger partial charge in [0.1, 0.15) is 5.82 Å². The number of carbonyl (C=O) groups excluding carboxylic acids is 2. The number of fused-ring (bicyclic) bond motifs is 1. The van der Waals surface area contributed by atoms with Gasteiger partial charge in [0.15, 0.2) is 11.5 Å². The lowest BCUT2D eigenvalue weighted by molar-refractivity contribution is -0.121. The highest BCUT2D eigenvalue weighted by Crippen LogP contribution is 2.49. The van der Waals surface area contributed by atoms with Crippen molar-refractivity contribution >= 4 is 23.6 Å². The van der Waals surface area contributed by atoms with Crippen LogP contribution in [0.3, 0.4) is 0 Å². The number of nitrogens with one attached hydrogen (secondary N) is 1. The number of methoxy groups -OCH3 is 2. The molecule has 0 spiro atoms. The molecule has 0 radical (unpaired) electrons. The molecule has 1 N–H and O–H groups in total. The third kappa shape index (κ3) is 6.83. The standard InChI is InChI=1S/C34H38FN3O5/c1-22-27(26-11-10-25(35)19-29(26)28(22)20-32(39)36-21-23-8-6-5-7-9-23)16-24-17-30(41-3)33(31(18-24)42-4)43-34(40)38-14-12-37(2)13-15-38/h5-11,16-19,22,28H,12-15,20-21H2,1-4H3,(H,36,39)/b27-16-. The van der Waals surface area contributed by atoms with Crippen LogP contribution in [0.2, 0.25) is 0 Å². The van der Waals surface area contributed by atoms with Crippen LogP contribution >= 0.6 is 0 Å². The molecule has 0 bridgehead atoms. The number of likely N-dealkylation sites (N-methyl/N-ethyl adjacent to an activating group) is 1. The Morgan fingerprint density at radius 2 is 1.65 bits per heavy atom. The molecule has 5 rings (SSSR count). The summed E-state index contributed by atoms with van der Waals surface area (Å²) in [5, 5.41) is 3.00. The molecule has 2 aliphatic rings. The van der Waals surface area contributed by atoms with Crippen molar-refractivity contribution in [3.63, 3.8) is 0 Å². The second-order valence-corrected chi connectivity index (χ2v) is 11.1. The lowest BCUT2D eigenvalue weighted by atomic mass is 9.88. The van der Waals surface area contributed by atoms with Gasteiger partial charge in [-0.1, -0.05) is 49.4 Å². The first-order valence-corrected chi connectivity index (χ1v) is 14.5. The van der Waals surface area contributed by atoms with E-state index in [0.717, 1.165) is 40.9 Å². The Morgan fingerprint density at radius 3 is 2.30 bits per heavy atom. The van der Waals surface area contributed by atoms with Crippen LogP contribution in [0.25, 0.3) is 11.6 Å². The fourth-order valence-electron chi connectivity index (χ4n) is 5.80. The number of hydrogen-bond acceptors (Lipinski definition) is 6. The largest absolute Gasteiger partial charge is 0.493 e. The van der Waals surface area contributed by atoms with Crippen molar-refractivity contribution in [3.05, 3.63) is 88.7 Å². The summed E-state index contributed by atoms with van der Waals surface area (Å²) in [6.07, 6.45) is 1.78. The maximum Gasteiger partial charge on any atom is 0.415 e. The van der Waals surface area contributed by atoms with Gasteiger partial charge in [-0.05, 0) is 71.0 Å². The van der Waals surface area contributed by atoms with Gasteiger partial charge in [0.25, 0.3) is 0 Å². The topological polar surface area (TPSA) is 80.3 Å². The normalized spacial score (nSPS) is 19.2. The van der Waals surface area contributed by atoms with E-state index in [1.54, 1.807) is 23.1 Å². The zero-order valence-electron chi connectivity index (χ0n) is 25.1. The van der Waals surface area contributed by atoms with Gasteiger partial charge in [0, 0.05) is 39.1 Å². The van der Waals surface area contributed by atoms with Crippen molar-refractivity contribution in [1.82, 2.24) is 15.1 Å². The van der Waals surface area contributed by atoms with E-state index < -0.39 is 6.09 Å². The minimum Gasteiger partial charge on any atom is -0.493 e. The SMILES string of the molecule is COc1cc(/C=C2\c3ccc(F)cc3C(CC(=O)NCc3ccccc3)C2C)cc(OC)c1OC(=O)N1CCN(C)CC1. The lowest BCUT2D eigenvalue weighted by Gasteiger charge is -2.31. The molecule has 1 aliphatic carbocycles. The van der Waals surface area contributed by atoms with Crippen molar-refractivity contribution in [2.45, 2.75) is 25.8 Å². The summed E-state index contributed by atoms with van der Waals surface area (Å²) < 4.78 is 31.5. The average Bonchev–Trinajstić information content (AvgIpc) is 3.26. The predicted octanol–water partition coefficient (Wildman–Crippen LogP) is 5.57. The zero-order chi connectivity index (χ0) is 30.5. The number of nitrogens with zero attached hydrogens (tertiary/aromatic N) is 2. The molecule has 3 aromatic carbocycles. The Bertz CT molecular complexity index is 1480. The summed E-state index contributed by atoms with van der Waals surface area (Å²) in [6.45, 7) is 5.19. The van der Waals surface area contributed by atoms with E-state index in [0.29, 0.717) is 31.1 Å². The van der Waals surface area contributed by atoms with Gasteiger partial charge in [0.2, 0.25) is 11.7 Å². The fraction of sp³-hybridized carbons (Fsp3) is 0.353. The van der Waals surface area contributed by atoms with Crippen molar-refractivity contribution in [1.29, 1.82) is 0 Å². The van der Waals surface area contributed by atoms with E-state index in [1.165, 1.54) is 26.4 Å². The molecule has 9 heteroatoms. The molecule has 1 aliphatic heterocycles. The quantitative estimate of drug-likeness (QED) is 0.371. The first kappa shape index (κ1) is 30.1. The number of allylic oxidation sites excluding steroid dienone is 1. The number of hydrogen-bond donors (Lipinski definition) is 1. The maximum atomic E-state index is 14.4. The third-order valence-corrected chi connectivity index (χ3v) is 8.31. The minimum atomic E-state index is -0.454. The first-order valence-electron chi connectivity index (χ1n) is 14.5. The van der Waals surface area contributed by atoms with Gasteiger partial charge in [-0.3, -0.25) is 4.79 Å². The molecule has 226 valence electrons. The van der Waals surface area contributed by atoms with Crippen molar-refractivity contribution in [3.8, 4) is 17.2 Å². The van der Waals surface area contributed by atoms with Crippen LogP contribution < -0.4 is 19.5 Å². The number of rotatable bonds is 8. The van der Waals surface area contributed by atoms with Crippen LogP contribution in [0.4, 0.5) is 9.18 Å². The van der Waals surface area contributed by atoms with Gasteiger partial charge < -0.3 is 29.3 Å². The summed E-state index contributed by atoms with van der Waals surface area (Å²) in [4.78, 5) is 29.8. The molecule has 1 fully saturated rings. The summed E-state index contributed by atoms with van der Waals surface area (Å²) in [5.41, 5.74) is 4.47. The molecule has 1 saturated heterocycles. The summed E-state index contributed by atoms with van der Waals surface area (Å²) in [6, 6.07) is 18.1. The molecule has 2 unspecified atom stereocenters. The van der Waals surface area contributed by atoms with Crippen LogP contribution in [0.15, 0.2) is 60.7 Å². The molecule has 8 nitrogen and oxygen atoms in total. The second kappa shape index (κ2) is 13.3. The van der Waals surface area contributed by atoms with Crippen molar-refractivity contribution in [2.24, 2.45) is 5.92 Å². The van der Waals surface area contributed by atoms with E-state index in [-0.39, 0.29) is 35.7 Å². The molecule has 0 saturated carbocycles. The molecule has 2 atom stereocenters. The predicted molar refractivity (Wildman–Crippen MR) is 164 cm³/mol. The van der Waals surface area contributed by atoms with E-state index in [1.807, 2.05) is 43.5 Å². The van der Waals surface area contributed by atoms with E-state index in [2.05, 4.69) is 17.1 Å². The van der Waals surface area contributed by atoms with Crippen LogP contribution in [-0.2, 0) is 11.3 Å². The summed E-state index contributed by atoms with van der Waals surface area (Å²) in [7, 11) is 5.05. The molecule has 1 heterocycles. The molecule has 0 aromatic heterocycles. The van der Waals surface area contributed by atoms with Gasteiger partial charge in [-0.15, -0.1) is 0 Å². The number of amides is 2. The number of halogens is 1. The highest BCUT2D eigenvalue weighted by molar-refractivity contribution is 5.90. The van der Waals surface area contributed by atoms with Crippen molar-refractivity contribution < 1.29 is 28.2 Å². The monoisotopic (exact) mass is 587 g/mol. The Kier molecular flexibility index (Phi) is 9.31. The molecule has 3 aromatic rings.